The Kier molecular flexibility index (Phi) is 4.68. The summed E-state index contributed by atoms with van der Waals surface area (Å²) in [4.78, 5) is 0. The SMILES string of the molecule is Nc1ccc(Oc2c(Cl)cc(B(O)O)cc2Cl)cc1Cl. The molecule has 0 saturated carbocycles. The molecular formula is C12H9BCl3NO3. The summed E-state index contributed by atoms with van der Waals surface area (Å²) in [6.07, 6.45) is 0. The van der Waals surface area contributed by atoms with E-state index >= 15 is 0 Å². The van der Waals surface area contributed by atoms with Crippen LogP contribution in [-0.2, 0) is 0 Å². The van der Waals surface area contributed by atoms with Gasteiger partial charge in [0.05, 0.1) is 20.8 Å². The summed E-state index contributed by atoms with van der Waals surface area (Å²) in [6, 6.07) is 7.44. The monoisotopic (exact) mass is 331 g/mol. The van der Waals surface area contributed by atoms with E-state index in [9.17, 15) is 0 Å². The largest absolute Gasteiger partial charge is 0.488 e. The Morgan fingerprint density at radius 3 is 2.05 bits per heavy atom. The molecule has 20 heavy (non-hydrogen) atoms. The van der Waals surface area contributed by atoms with Crippen molar-refractivity contribution in [2.75, 3.05) is 5.73 Å². The molecule has 4 nitrogen and oxygen atoms in total. The smallest absolute Gasteiger partial charge is 0.454 e. The van der Waals surface area contributed by atoms with Crippen LogP contribution in [0.5, 0.6) is 11.5 Å². The number of hydrogen-bond donors (Lipinski definition) is 3. The molecule has 0 bridgehead atoms. The quantitative estimate of drug-likeness (QED) is 0.597. The van der Waals surface area contributed by atoms with E-state index in [0.29, 0.717) is 16.5 Å². The van der Waals surface area contributed by atoms with Crippen molar-refractivity contribution >= 4 is 53.1 Å². The number of benzene rings is 2. The van der Waals surface area contributed by atoms with E-state index in [2.05, 4.69) is 0 Å². The third-order valence-electron chi connectivity index (χ3n) is 2.51. The van der Waals surface area contributed by atoms with Crippen molar-refractivity contribution in [3.05, 3.63) is 45.4 Å². The Morgan fingerprint density at radius 1 is 0.950 bits per heavy atom. The molecule has 0 saturated heterocycles. The molecule has 0 aliphatic carbocycles. The van der Waals surface area contributed by atoms with Crippen LogP contribution in [-0.4, -0.2) is 17.2 Å². The van der Waals surface area contributed by atoms with Gasteiger partial charge in [-0.3, -0.25) is 0 Å². The van der Waals surface area contributed by atoms with Crippen LogP contribution in [0.1, 0.15) is 0 Å². The number of ether oxygens (including phenoxy) is 1. The van der Waals surface area contributed by atoms with Gasteiger partial charge in [-0.2, -0.15) is 0 Å². The molecule has 0 atom stereocenters. The molecule has 0 spiro atoms. The number of halogens is 3. The summed E-state index contributed by atoms with van der Waals surface area (Å²) in [5.41, 5.74) is 6.19. The van der Waals surface area contributed by atoms with Gasteiger partial charge in [0, 0.05) is 6.07 Å². The predicted molar refractivity (Wildman–Crippen MR) is 82.2 cm³/mol. The minimum absolute atomic E-state index is 0.147. The number of rotatable bonds is 3. The fourth-order valence-corrected chi connectivity index (χ4v) is 2.27. The lowest BCUT2D eigenvalue weighted by Crippen LogP contribution is -2.29. The summed E-state index contributed by atoms with van der Waals surface area (Å²) in [5, 5.41) is 18.8. The fraction of sp³-hybridized carbons (Fsp3) is 0. The molecule has 0 unspecified atom stereocenters. The number of nitrogen functional groups attached to an aromatic ring is 1. The summed E-state index contributed by atoms with van der Waals surface area (Å²) < 4.78 is 5.54. The minimum atomic E-state index is -1.66. The van der Waals surface area contributed by atoms with Gasteiger partial charge in [0.25, 0.3) is 0 Å². The van der Waals surface area contributed by atoms with Gasteiger partial charge in [-0.05, 0) is 29.7 Å². The van der Waals surface area contributed by atoms with Crippen molar-refractivity contribution in [1.82, 2.24) is 0 Å². The maximum absolute atomic E-state index is 9.09. The van der Waals surface area contributed by atoms with Crippen LogP contribution in [0.2, 0.25) is 15.1 Å². The van der Waals surface area contributed by atoms with Crippen molar-refractivity contribution in [3.63, 3.8) is 0 Å². The van der Waals surface area contributed by atoms with E-state index in [1.165, 1.54) is 18.2 Å². The van der Waals surface area contributed by atoms with Crippen LogP contribution >= 0.6 is 34.8 Å². The maximum atomic E-state index is 9.09. The van der Waals surface area contributed by atoms with E-state index < -0.39 is 7.12 Å². The Bertz CT molecular complexity index is 629. The van der Waals surface area contributed by atoms with Crippen LogP contribution < -0.4 is 15.9 Å². The van der Waals surface area contributed by atoms with Crippen LogP contribution in [0.3, 0.4) is 0 Å². The predicted octanol–water partition coefficient (Wildman–Crippen LogP) is 2.70. The highest BCUT2D eigenvalue weighted by atomic mass is 35.5. The Balaban J connectivity index is 2.36. The lowest BCUT2D eigenvalue weighted by molar-refractivity contribution is 0.425. The van der Waals surface area contributed by atoms with Crippen LogP contribution in [0.15, 0.2) is 30.3 Å². The number of hydrogen-bond acceptors (Lipinski definition) is 4. The van der Waals surface area contributed by atoms with Gasteiger partial charge in [0.15, 0.2) is 5.75 Å². The van der Waals surface area contributed by atoms with Gasteiger partial charge in [0.2, 0.25) is 0 Å². The molecule has 0 amide bonds. The molecule has 2 aromatic carbocycles. The molecule has 0 aromatic heterocycles. The van der Waals surface area contributed by atoms with Gasteiger partial charge in [-0.25, -0.2) is 0 Å². The van der Waals surface area contributed by atoms with Crippen molar-refractivity contribution in [3.8, 4) is 11.5 Å². The molecule has 0 fully saturated rings. The fourth-order valence-electron chi connectivity index (χ4n) is 1.52. The molecule has 104 valence electrons. The van der Waals surface area contributed by atoms with E-state index in [1.54, 1.807) is 12.1 Å². The molecule has 8 heteroatoms. The Hall–Kier alpha value is -1.11. The lowest BCUT2D eigenvalue weighted by Gasteiger charge is -2.12. The zero-order chi connectivity index (χ0) is 14.9. The topological polar surface area (TPSA) is 75.7 Å². The molecule has 0 radical (unpaired) electrons. The molecule has 2 aromatic rings. The van der Waals surface area contributed by atoms with Crippen molar-refractivity contribution < 1.29 is 14.8 Å². The van der Waals surface area contributed by atoms with Crippen LogP contribution in [0.4, 0.5) is 5.69 Å². The van der Waals surface area contributed by atoms with Gasteiger partial charge >= 0.3 is 7.12 Å². The van der Waals surface area contributed by atoms with E-state index in [0.717, 1.165) is 0 Å². The average Bonchev–Trinajstić information content (AvgIpc) is 2.37. The first kappa shape index (κ1) is 15.3. The normalized spacial score (nSPS) is 10.4. The van der Waals surface area contributed by atoms with Crippen LogP contribution in [0.25, 0.3) is 0 Å². The van der Waals surface area contributed by atoms with Crippen molar-refractivity contribution in [2.45, 2.75) is 0 Å². The average molecular weight is 332 g/mol. The van der Waals surface area contributed by atoms with Crippen LogP contribution in [0, 0.1) is 0 Å². The first-order valence-electron chi connectivity index (χ1n) is 5.46. The van der Waals surface area contributed by atoms with Crippen molar-refractivity contribution in [2.24, 2.45) is 0 Å². The summed E-state index contributed by atoms with van der Waals surface area (Å²) in [6.45, 7) is 0. The molecule has 0 aliphatic heterocycles. The zero-order valence-corrected chi connectivity index (χ0v) is 12.2. The van der Waals surface area contributed by atoms with Gasteiger partial charge in [0.1, 0.15) is 5.75 Å². The van der Waals surface area contributed by atoms with Crippen molar-refractivity contribution in [1.29, 1.82) is 0 Å². The van der Waals surface area contributed by atoms with E-state index in [-0.39, 0.29) is 21.3 Å². The summed E-state index contributed by atoms with van der Waals surface area (Å²) >= 11 is 17.9. The van der Waals surface area contributed by atoms with Gasteiger partial charge in [-0.1, -0.05) is 34.8 Å². The molecule has 2 rings (SSSR count). The second kappa shape index (κ2) is 6.12. The van der Waals surface area contributed by atoms with E-state index in [1.807, 2.05) is 0 Å². The molecule has 0 aliphatic rings. The van der Waals surface area contributed by atoms with E-state index in [4.69, 9.17) is 55.3 Å². The molecule has 4 N–H and O–H groups in total. The van der Waals surface area contributed by atoms with Gasteiger partial charge in [-0.15, -0.1) is 0 Å². The Labute approximate surface area is 130 Å². The third kappa shape index (κ3) is 3.31. The molecule has 0 heterocycles. The second-order valence-electron chi connectivity index (χ2n) is 3.97. The number of anilines is 1. The standard InChI is InChI=1S/C12H9BCl3NO3/c14-8-5-7(1-2-11(8)17)20-12-9(15)3-6(13(18)19)4-10(12)16/h1-5,18-19H,17H2. The van der Waals surface area contributed by atoms with Gasteiger partial charge < -0.3 is 20.5 Å². The first-order valence-corrected chi connectivity index (χ1v) is 6.60. The highest BCUT2D eigenvalue weighted by Gasteiger charge is 2.17. The summed E-state index contributed by atoms with van der Waals surface area (Å²) in [5.74, 6) is 0.601. The summed E-state index contributed by atoms with van der Waals surface area (Å²) in [7, 11) is -1.66. The lowest BCUT2D eigenvalue weighted by atomic mass is 9.80. The zero-order valence-electron chi connectivity index (χ0n) is 9.98. The first-order chi connectivity index (χ1) is 9.38. The third-order valence-corrected chi connectivity index (χ3v) is 3.40. The molecular weight excluding hydrogens is 323 g/mol. The highest BCUT2D eigenvalue weighted by molar-refractivity contribution is 6.59. The second-order valence-corrected chi connectivity index (χ2v) is 5.19. The highest BCUT2D eigenvalue weighted by Crippen LogP contribution is 2.36. The minimum Gasteiger partial charge on any atom is -0.454 e. The Morgan fingerprint density at radius 2 is 1.55 bits per heavy atom. The maximum Gasteiger partial charge on any atom is 0.488 e. The number of nitrogens with two attached hydrogens (primary N) is 1.